The van der Waals surface area contributed by atoms with Crippen molar-refractivity contribution in [3.05, 3.63) is 37.9 Å². The highest BCUT2D eigenvalue weighted by atomic mass is 16.6. The second-order valence-corrected chi connectivity index (χ2v) is 4.61. The lowest BCUT2D eigenvalue weighted by atomic mass is 10.1. The van der Waals surface area contributed by atoms with Gasteiger partial charge in [0, 0.05) is 25.2 Å². The Morgan fingerprint density at radius 2 is 1.83 bits per heavy atom. The maximum absolute atomic E-state index is 11.9. The molecule has 0 aliphatic rings. The average Bonchev–Trinajstić information content (AvgIpc) is 2.51. The summed E-state index contributed by atoms with van der Waals surface area (Å²) in [5, 5.41) is 24.9. The van der Waals surface area contributed by atoms with E-state index >= 15 is 0 Å². The standard InChI is InChI=1S/C13H18N4O6/c1-2-3-6-23-13(18)9-7-10(16(19)20)12(15-5-4-14)11(8-9)17(21)22/h7-8,15H,2-6,14H2,1H3. The molecule has 0 aromatic heterocycles. The smallest absolute Gasteiger partial charge is 0.338 e. The zero-order valence-electron chi connectivity index (χ0n) is 12.6. The molecule has 1 rings (SSSR count). The molecule has 0 fully saturated rings. The number of hydrogen-bond acceptors (Lipinski definition) is 8. The number of hydrogen-bond donors (Lipinski definition) is 2. The molecule has 1 aromatic rings. The van der Waals surface area contributed by atoms with E-state index in [0.29, 0.717) is 6.42 Å². The van der Waals surface area contributed by atoms with Crippen molar-refractivity contribution in [3.8, 4) is 0 Å². The SMILES string of the molecule is CCCCOC(=O)c1cc([N+](=O)[O-])c(NCCN)c([N+](=O)[O-])c1. The fourth-order valence-electron chi connectivity index (χ4n) is 1.79. The molecule has 10 heteroatoms. The van der Waals surface area contributed by atoms with Gasteiger partial charge in [-0.3, -0.25) is 20.2 Å². The van der Waals surface area contributed by atoms with Crippen LogP contribution < -0.4 is 11.1 Å². The Morgan fingerprint density at radius 3 is 2.26 bits per heavy atom. The molecule has 1 aromatic carbocycles. The van der Waals surface area contributed by atoms with E-state index in [9.17, 15) is 25.0 Å². The molecule has 23 heavy (non-hydrogen) atoms. The number of nitrogens with zero attached hydrogens (tertiary/aromatic N) is 2. The molecule has 10 nitrogen and oxygen atoms in total. The second kappa shape index (κ2) is 8.63. The molecule has 0 spiro atoms. The molecular weight excluding hydrogens is 308 g/mol. The van der Waals surface area contributed by atoms with Gasteiger partial charge in [0.2, 0.25) is 0 Å². The van der Waals surface area contributed by atoms with E-state index in [0.717, 1.165) is 18.6 Å². The topological polar surface area (TPSA) is 151 Å². The summed E-state index contributed by atoms with van der Waals surface area (Å²) < 4.78 is 4.93. The van der Waals surface area contributed by atoms with Crippen molar-refractivity contribution >= 4 is 23.0 Å². The number of carbonyl (C=O) groups excluding carboxylic acids is 1. The molecule has 0 saturated carbocycles. The van der Waals surface area contributed by atoms with Crippen LogP contribution in [0.3, 0.4) is 0 Å². The van der Waals surface area contributed by atoms with Crippen LogP contribution in [0, 0.1) is 20.2 Å². The number of carbonyl (C=O) groups is 1. The zero-order chi connectivity index (χ0) is 17.4. The summed E-state index contributed by atoms with van der Waals surface area (Å²) in [5.41, 5.74) is 3.63. The van der Waals surface area contributed by atoms with Crippen molar-refractivity contribution in [2.24, 2.45) is 5.73 Å². The van der Waals surface area contributed by atoms with Gasteiger partial charge in [0.1, 0.15) is 0 Å². The number of nitrogens with two attached hydrogens (primary N) is 1. The zero-order valence-corrected chi connectivity index (χ0v) is 12.6. The van der Waals surface area contributed by atoms with Crippen LogP contribution in [0.15, 0.2) is 12.1 Å². The van der Waals surface area contributed by atoms with E-state index in [1.54, 1.807) is 0 Å². The lowest BCUT2D eigenvalue weighted by Crippen LogP contribution is -2.16. The van der Waals surface area contributed by atoms with E-state index in [2.05, 4.69) is 5.32 Å². The Balaban J connectivity index is 3.26. The summed E-state index contributed by atoms with van der Waals surface area (Å²) in [7, 11) is 0. The summed E-state index contributed by atoms with van der Waals surface area (Å²) in [5.74, 6) is -0.838. The minimum Gasteiger partial charge on any atom is -0.462 e. The van der Waals surface area contributed by atoms with Gasteiger partial charge in [-0.05, 0) is 6.42 Å². The molecule has 126 valence electrons. The number of nitro benzene ring substituents is 2. The van der Waals surface area contributed by atoms with Crippen LogP contribution in [0.4, 0.5) is 17.1 Å². The van der Waals surface area contributed by atoms with Crippen LogP contribution in [0.5, 0.6) is 0 Å². The predicted molar refractivity (Wildman–Crippen MR) is 82.5 cm³/mol. The Bertz CT molecular complexity index is 569. The summed E-state index contributed by atoms with van der Waals surface area (Å²) in [6.45, 7) is 2.29. The number of rotatable bonds is 9. The number of nitro groups is 2. The largest absolute Gasteiger partial charge is 0.462 e. The Morgan fingerprint density at radius 1 is 1.26 bits per heavy atom. The van der Waals surface area contributed by atoms with Crippen molar-refractivity contribution in [2.45, 2.75) is 19.8 Å². The average molecular weight is 326 g/mol. The van der Waals surface area contributed by atoms with Gasteiger partial charge >= 0.3 is 5.97 Å². The lowest BCUT2D eigenvalue weighted by molar-refractivity contribution is -0.392. The number of nitrogens with one attached hydrogen (secondary N) is 1. The minimum absolute atomic E-state index is 0.113. The summed E-state index contributed by atoms with van der Waals surface area (Å²) in [6, 6.07) is 1.92. The van der Waals surface area contributed by atoms with E-state index in [-0.39, 0.29) is 30.9 Å². The van der Waals surface area contributed by atoms with Crippen LogP contribution in [-0.2, 0) is 4.74 Å². The normalized spacial score (nSPS) is 10.2. The van der Waals surface area contributed by atoms with Gasteiger partial charge < -0.3 is 15.8 Å². The fraction of sp³-hybridized carbons (Fsp3) is 0.462. The highest BCUT2D eigenvalue weighted by Gasteiger charge is 2.28. The molecule has 0 unspecified atom stereocenters. The van der Waals surface area contributed by atoms with Crippen LogP contribution in [-0.4, -0.2) is 35.5 Å². The summed E-state index contributed by atoms with van der Waals surface area (Å²) in [6.07, 6.45) is 1.43. The first-order chi connectivity index (χ1) is 10.9. The molecule has 0 aliphatic carbocycles. The van der Waals surface area contributed by atoms with Gasteiger partial charge in [0.05, 0.1) is 22.0 Å². The molecule has 0 amide bonds. The molecule has 0 bridgehead atoms. The van der Waals surface area contributed by atoms with E-state index in [1.165, 1.54) is 0 Å². The highest BCUT2D eigenvalue weighted by molar-refractivity contribution is 5.93. The van der Waals surface area contributed by atoms with Crippen molar-refractivity contribution in [2.75, 3.05) is 25.0 Å². The molecular formula is C13H18N4O6. The Labute approximate surface area is 131 Å². The quantitative estimate of drug-likeness (QED) is 0.302. The monoisotopic (exact) mass is 326 g/mol. The van der Waals surface area contributed by atoms with Crippen molar-refractivity contribution in [1.82, 2.24) is 0 Å². The van der Waals surface area contributed by atoms with Gasteiger partial charge in [-0.2, -0.15) is 0 Å². The summed E-state index contributed by atoms with van der Waals surface area (Å²) in [4.78, 5) is 32.6. The van der Waals surface area contributed by atoms with Crippen LogP contribution >= 0.6 is 0 Å². The van der Waals surface area contributed by atoms with Gasteiger partial charge in [-0.25, -0.2) is 4.79 Å². The molecule has 0 atom stereocenters. The number of anilines is 1. The summed E-state index contributed by atoms with van der Waals surface area (Å²) >= 11 is 0. The number of esters is 1. The van der Waals surface area contributed by atoms with Crippen molar-refractivity contribution in [1.29, 1.82) is 0 Å². The first-order valence-corrected chi connectivity index (χ1v) is 7.00. The van der Waals surface area contributed by atoms with E-state index < -0.39 is 27.2 Å². The third-order valence-electron chi connectivity index (χ3n) is 2.90. The molecule has 3 N–H and O–H groups in total. The Kier molecular flexibility index (Phi) is 6.87. The van der Waals surface area contributed by atoms with Crippen molar-refractivity contribution in [3.63, 3.8) is 0 Å². The molecule has 0 saturated heterocycles. The van der Waals surface area contributed by atoms with Gasteiger partial charge in [-0.1, -0.05) is 13.3 Å². The van der Waals surface area contributed by atoms with Crippen LogP contribution in [0.1, 0.15) is 30.1 Å². The maximum Gasteiger partial charge on any atom is 0.338 e. The number of benzene rings is 1. The third kappa shape index (κ3) is 4.88. The fourth-order valence-corrected chi connectivity index (χ4v) is 1.79. The number of unbranched alkanes of at least 4 members (excludes halogenated alkanes) is 1. The molecule has 0 heterocycles. The minimum atomic E-state index is -0.838. The van der Waals surface area contributed by atoms with Crippen LogP contribution in [0.25, 0.3) is 0 Å². The highest BCUT2D eigenvalue weighted by Crippen LogP contribution is 2.35. The van der Waals surface area contributed by atoms with E-state index in [1.807, 2.05) is 6.92 Å². The third-order valence-corrected chi connectivity index (χ3v) is 2.90. The Hall–Kier alpha value is -2.75. The van der Waals surface area contributed by atoms with Gasteiger partial charge in [0.25, 0.3) is 11.4 Å². The first-order valence-electron chi connectivity index (χ1n) is 7.00. The van der Waals surface area contributed by atoms with Gasteiger partial charge in [0.15, 0.2) is 5.69 Å². The first kappa shape index (κ1) is 18.3. The van der Waals surface area contributed by atoms with Crippen LogP contribution in [0.2, 0.25) is 0 Å². The van der Waals surface area contributed by atoms with Crippen molar-refractivity contribution < 1.29 is 19.4 Å². The molecule has 0 aliphatic heterocycles. The number of ether oxygens (including phenoxy) is 1. The molecule has 0 radical (unpaired) electrons. The van der Waals surface area contributed by atoms with Gasteiger partial charge in [-0.15, -0.1) is 0 Å². The predicted octanol–water partition coefficient (Wildman–Crippen LogP) is 1.83. The lowest BCUT2D eigenvalue weighted by Gasteiger charge is -2.09. The second-order valence-electron chi connectivity index (χ2n) is 4.61. The maximum atomic E-state index is 11.9. The van der Waals surface area contributed by atoms with E-state index in [4.69, 9.17) is 10.5 Å².